The standard InChI is InChI=1S/C15H24/c1-6-7-8-9-10-11-13-12(2)14(13)15(3,4)5/h8,11-14H,6-7H2,1-5H3. The van der Waals surface area contributed by atoms with E-state index >= 15 is 0 Å². The van der Waals surface area contributed by atoms with Crippen molar-refractivity contribution in [2.75, 3.05) is 0 Å². The second-order valence-corrected chi connectivity index (χ2v) is 5.78. The van der Waals surface area contributed by atoms with Crippen molar-refractivity contribution in [2.45, 2.75) is 47.5 Å². The largest absolute Gasteiger partial charge is 0.0750 e. The third-order valence-electron chi connectivity index (χ3n) is 3.34. The maximum atomic E-state index is 3.18. The molecule has 1 saturated carbocycles. The Morgan fingerprint density at radius 3 is 2.33 bits per heavy atom. The fourth-order valence-corrected chi connectivity index (χ4v) is 2.53. The van der Waals surface area contributed by atoms with Crippen molar-refractivity contribution in [3.63, 3.8) is 0 Å². The highest BCUT2D eigenvalue weighted by atomic mass is 14.5. The van der Waals surface area contributed by atoms with Gasteiger partial charge in [-0.25, -0.2) is 0 Å². The van der Waals surface area contributed by atoms with Crippen LogP contribution in [0, 0.1) is 23.2 Å². The Kier molecular flexibility index (Phi) is 4.03. The van der Waals surface area contributed by atoms with E-state index in [2.05, 4.69) is 58.2 Å². The Morgan fingerprint density at radius 1 is 1.20 bits per heavy atom. The lowest BCUT2D eigenvalue weighted by Crippen LogP contribution is -2.09. The molecule has 0 nitrogen and oxygen atoms in total. The first-order valence-corrected chi connectivity index (χ1v) is 6.14. The molecule has 15 heavy (non-hydrogen) atoms. The molecule has 0 bridgehead atoms. The third-order valence-corrected chi connectivity index (χ3v) is 3.34. The summed E-state index contributed by atoms with van der Waals surface area (Å²) in [6.07, 6.45) is 6.60. The molecule has 0 spiro atoms. The second kappa shape index (κ2) is 4.88. The number of unbranched alkanes of at least 4 members (excludes halogenated alkanes) is 1. The highest BCUT2D eigenvalue weighted by molar-refractivity contribution is 5.10. The Bertz CT molecular complexity index is 290. The van der Waals surface area contributed by atoms with E-state index in [0.717, 1.165) is 24.2 Å². The minimum absolute atomic E-state index is 0.440. The van der Waals surface area contributed by atoms with E-state index in [4.69, 9.17) is 0 Å². The minimum atomic E-state index is 0.440. The Morgan fingerprint density at radius 2 is 1.87 bits per heavy atom. The van der Waals surface area contributed by atoms with Gasteiger partial charge in [0.25, 0.3) is 0 Å². The van der Waals surface area contributed by atoms with Gasteiger partial charge in [-0.15, -0.1) is 0 Å². The van der Waals surface area contributed by atoms with Crippen LogP contribution in [0.25, 0.3) is 0 Å². The van der Waals surface area contributed by atoms with Crippen LogP contribution in [-0.4, -0.2) is 0 Å². The van der Waals surface area contributed by atoms with Crippen LogP contribution < -0.4 is 0 Å². The summed E-state index contributed by atoms with van der Waals surface area (Å²) in [5.74, 6) is 2.39. The van der Waals surface area contributed by atoms with Gasteiger partial charge in [-0.05, 0) is 41.7 Å². The molecule has 0 aromatic carbocycles. The van der Waals surface area contributed by atoms with E-state index in [1.807, 2.05) is 0 Å². The lowest BCUT2D eigenvalue weighted by atomic mass is 9.88. The molecule has 3 unspecified atom stereocenters. The van der Waals surface area contributed by atoms with E-state index in [-0.39, 0.29) is 0 Å². The zero-order valence-corrected chi connectivity index (χ0v) is 10.8. The first-order valence-electron chi connectivity index (χ1n) is 6.14. The van der Waals surface area contributed by atoms with Crippen LogP contribution in [0.5, 0.6) is 0 Å². The van der Waals surface area contributed by atoms with Crippen LogP contribution in [0.1, 0.15) is 47.5 Å². The third kappa shape index (κ3) is 3.42. The highest BCUT2D eigenvalue weighted by Gasteiger charge is 2.51. The van der Waals surface area contributed by atoms with Crippen LogP contribution in [0.4, 0.5) is 0 Å². The molecule has 0 aromatic heterocycles. The molecule has 0 radical (unpaired) electrons. The minimum Gasteiger partial charge on any atom is -0.0750 e. The molecule has 3 atom stereocenters. The van der Waals surface area contributed by atoms with Gasteiger partial charge in [0.2, 0.25) is 0 Å². The van der Waals surface area contributed by atoms with Crippen molar-refractivity contribution in [1.82, 2.24) is 0 Å². The van der Waals surface area contributed by atoms with E-state index in [1.165, 1.54) is 6.42 Å². The normalized spacial score (nSPS) is 29.0. The summed E-state index contributed by atoms with van der Waals surface area (Å²) in [5.41, 5.74) is 6.74. The Balaban J connectivity index is 2.53. The fourth-order valence-electron chi connectivity index (χ4n) is 2.53. The molecular weight excluding hydrogens is 180 g/mol. The van der Waals surface area contributed by atoms with Crippen LogP contribution >= 0.6 is 0 Å². The molecule has 84 valence electrons. The number of allylic oxidation sites excluding steroid dienone is 2. The maximum absolute atomic E-state index is 3.18. The highest BCUT2D eigenvalue weighted by Crippen LogP contribution is 2.56. The van der Waals surface area contributed by atoms with Gasteiger partial charge in [0, 0.05) is 0 Å². The van der Waals surface area contributed by atoms with Crippen molar-refractivity contribution in [3.05, 3.63) is 23.6 Å². The lowest BCUT2D eigenvalue weighted by molar-refractivity contribution is 0.326. The molecule has 0 aromatic rings. The van der Waals surface area contributed by atoms with Crippen LogP contribution in [0.3, 0.4) is 0 Å². The summed E-state index contributed by atoms with van der Waals surface area (Å²) in [4.78, 5) is 0. The second-order valence-electron chi connectivity index (χ2n) is 5.78. The van der Waals surface area contributed by atoms with Crippen molar-refractivity contribution in [3.8, 4) is 0 Å². The molecule has 1 aliphatic carbocycles. The van der Waals surface area contributed by atoms with Gasteiger partial charge < -0.3 is 0 Å². The van der Waals surface area contributed by atoms with Crippen molar-refractivity contribution >= 4 is 0 Å². The predicted octanol–water partition coefficient (Wildman–Crippen LogP) is 4.58. The van der Waals surface area contributed by atoms with E-state index in [0.29, 0.717) is 5.41 Å². The number of rotatable bonds is 3. The molecule has 0 saturated heterocycles. The molecule has 1 fully saturated rings. The van der Waals surface area contributed by atoms with Gasteiger partial charge in [0.15, 0.2) is 0 Å². The topological polar surface area (TPSA) is 0 Å². The van der Waals surface area contributed by atoms with Gasteiger partial charge in [-0.2, -0.15) is 0 Å². The van der Waals surface area contributed by atoms with E-state index in [1.54, 1.807) is 0 Å². The Hall–Kier alpha value is -0.700. The SMILES string of the molecule is CCCC=C=C=CC1C(C)C1C(C)(C)C. The van der Waals surface area contributed by atoms with Gasteiger partial charge in [0.1, 0.15) is 0 Å². The summed E-state index contributed by atoms with van der Waals surface area (Å²) in [6, 6.07) is 0. The zero-order valence-electron chi connectivity index (χ0n) is 10.8. The number of hydrogen-bond donors (Lipinski definition) is 0. The maximum Gasteiger partial charge on any atom is -0.00862 e. The first-order chi connectivity index (χ1) is 6.98. The number of hydrogen-bond acceptors (Lipinski definition) is 0. The summed E-state index contributed by atoms with van der Waals surface area (Å²) in [5, 5.41) is 0. The molecule has 1 rings (SSSR count). The van der Waals surface area contributed by atoms with Crippen LogP contribution in [0.15, 0.2) is 23.6 Å². The molecule has 0 heterocycles. The molecule has 0 N–H and O–H groups in total. The van der Waals surface area contributed by atoms with Crippen molar-refractivity contribution in [2.24, 2.45) is 23.2 Å². The monoisotopic (exact) mass is 204 g/mol. The average Bonchev–Trinajstić information content (AvgIpc) is 2.76. The van der Waals surface area contributed by atoms with Gasteiger partial charge >= 0.3 is 0 Å². The first kappa shape index (κ1) is 12.4. The summed E-state index contributed by atoms with van der Waals surface area (Å²) in [7, 11) is 0. The average molecular weight is 204 g/mol. The molecule has 1 aliphatic rings. The van der Waals surface area contributed by atoms with Crippen LogP contribution in [-0.2, 0) is 0 Å². The van der Waals surface area contributed by atoms with E-state index in [9.17, 15) is 0 Å². The summed E-state index contributed by atoms with van der Waals surface area (Å²) < 4.78 is 0. The van der Waals surface area contributed by atoms with Gasteiger partial charge in [-0.3, -0.25) is 0 Å². The van der Waals surface area contributed by atoms with Crippen molar-refractivity contribution < 1.29 is 0 Å². The predicted molar refractivity (Wildman–Crippen MR) is 66.7 cm³/mol. The fraction of sp³-hybridized carbons (Fsp3) is 0.733. The zero-order chi connectivity index (χ0) is 11.5. The molecule has 0 amide bonds. The molecular formula is C15H24. The Labute approximate surface area is 94.8 Å². The summed E-state index contributed by atoms with van der Waals surface area (Å²) in [6.45, 7) is 11.5. The van der Waals surface area contributed by atoms with Gasteiger partial charge in [-0.1, -0.05) is 52.5 Å². The van der Waals surface area contributed by atoms with Gasteiger partial charge in [0.05, 0.1) is 0 Å². The van der Waals surface area contributed by atoms with Crippen molar-refractivity contribution in [1.29, 1.82) is 0 Å². The summed E-state index contributed by atoms with van der Waals surface area (Å²) >= 11 is 0. The lowest BCUT2D eigenvalue weighted by Gasteiger charge is -2.17. The molecule has 0 aliphatic heterocycles. The quantitative estimate of drug-likeness (QED) is 0.590. The smallest absolute Gasteiger partial charge is 0.00862 e. The van der Waals surface area contributed by atoms with E-state index < -0.39 is 0 Å². The van der Waals surface area contributed by atoms with Crippen LogP contribution in [0.2, 0.25) is 0 Å². The molecule has 0 heteroatoms.